The summed E-state index contributed by atoms with van der Waals surface area (Å²) in [6, 6.07) is 5.57. The molecule has 2 amide bonds. The lowest BCUT2D eigenvalue weighted by atomic mass is 10.1. The molecule has 2 fully saturated rings. The van der Waals surface area contributed by atoms with Crippen molar-refractivity contribution in [2.75, 3.05) is 30.3 Å². The third kappa shape index (κ3) is 5.86. The number of rotatable bonds is 7. The average Bonchev–Trinajstić information content (AvgIpc) is 3.61. The van der Waals surface area contributed by atoms with Crippen LogP contribution in [0.1, 0.15) is 25.3 Å². The van der Waals surface area contributed by atoms with Gasteiger partial charge in [0.25, 0.3) is 0 Å². The smallest absolute Gasteiger partial charge is 0.230 e. The molecule has 0 radical (unpaired) electrons. The van der Waals surface area contributed by atoms with Gasteiger partial charge in [-0.3, -0.25) is 14.6 Å². The summed E-state index contributed by atoms with van der Waals surface area (Å²) in [6.07, 6.45) is 5.42. The van der Waals surface area contributed by atoms with E-state index in [4.69, 9.17) is 11.6 Å². The summed E-state index contributed by atoms with van der Waals surface area (Å²) < 4.78 is 0. The Kier molecular flexibility index (Phi) is 6.92. The first-order valence-corrected chi connectivity index (χ1v) is 11.7. The molecule has 164 valence electrons. The van der Waals surface area contributed by atoms with Crippen molar-refractivity contribution in [1.82, 2.24) is 25.2 Å². The van der Waals surface area contributed by atoms with E-state index in [1.165, 1.54) is 11.8 Å². The number of amides is 2. The lowest BCUT2D eigenvalue weighted by Crippen LogP contribution is -2.54. The van der Waals surface area contributed by atoms with Crippen molar-refractivity contribution in [1.29, 1.82) is 0 Å². The predicted octanol–water partition coefficient (Wildman–Crippen LogP) is 2.38. The second-order valence-corrected chi connectivity index (χ2v) is 9.18. The van der Waals surface area contributed by atoms with Crippen molar-refractivity contribution in [2.45, 2.75) is 37.5 Å². The predicted molar refractivity (Wildman–Crippen MR) is 120 cm³/mol. The van der Waals surface area contributed by atoms with Crippen LogP contribution >= 0.6 is 23.4 Å². The molecular weight excluding hydrogens is 436 g/mol. The molecule has 8 nitrogen and oxygen atoms in total. The highest BCUT2D eigenvalue weighted by atomic mass is 35.5. The van der Waals surface area contributed by atoms with E-state index in [1.807, 2.05) is 17.0 Å². The number of anilines is 1. The summed E-state index contributed by atoms with van der Waals surface area (Å²) in [5.41, 5.74) is 0.989. The summed E-state index contributed by atoms with van der Waals surface area (Å²) in [6.45, 7) is 4.59. The first-order valence-electron chi connectivity index (χ1n) is 10.4. The molecule has 0 bridgehead atoms. The quantitative estimate of drug-likeness (QED) is 0.385. The number of pyridine rings is 1. The number of carbonyl (C=O) groups is 2. The summed E-state index contributed by atoms with van der Waals surface area (Å²) in [5, 5.41) is 3.68. The van der Waals surface area contributed by atoms with Crippen molar-refractivity contribution in [3.05, 3.63) is 41.3 Å². The van der Waals surface area contributed by atoms with Crippen molar-refractivity contribution in [2.24, 2.45) is 5.92 Å². The van der Waals surface area contributed by atoms with Gasteiger partial charge < -0.3 is 15.1 Å². The van der Waals surface area contributed by atoms with Crippen molar-refractivity contribution in [3.8, 4) is 0 Å². The van der Waals surface area contributed by atoms with Gasteiger partial charge in [-0.25, -0.2) is 9.97 Å². The molecule has 2 aromatic heterocycles. The Morgan fingerprint density at radius 1 is 1.23 bits per heavy atom. The van der Waals surface area contributed by atoms with Gasteiger partial charge in [0.05, 0.1) is 5.75 Å². The van der Waals surface area contributed by atoms with Gasteiger partial charge in [0.2, 0.25) is 11.8 Å². The van der Waals surface area contributed by atoms with Crippen molar-refractivity contribution >= 4 is 41.0 Å². The zero-order valence-corrected chi connectivity index (χ0v) is 18.9. The van der Waals surface area contributed by atoms with Crippen LogP contribution in [0.2, 0.25) is 5.15 Å². The average molecular weight is 461 g/mol. The Bertz CT molecular complexity index is 943. The summed E-state index contributed by atoms with van der Waals surface area (Å²) in [4.78, 5) is 41.5. The molecule has 0 aromatic carbocycles. The number of thioether (sulfide) groups is 1. The zero-order chi connectivity index (χ0) is 21.8. The van der Waals surface area contributed by atoms with E-state index in [-0.39, 0.29) is 29.5 Å². The fourth-order valence-electron chi connectivity index (χ4n) is 3.55. The highest BCUT2D eigenvalue weighted by Gasteiger charge is 2.37. The number of hydrogen-bond donors (Lipinski definition) is 1. The van der Waals surface area contributed by atoms with Crippen LogP contribution in [0, 0.1) is 5.92 Å². The molecule has 1 aliphatic carbocycles. The summed E-state index contributed by atoms with van der Waals surface area (Å²) in [5.74, 6) is 1.33. The number of carbonyl (C=O) groups excluding carboxylic acids is 2. The lowest BCUT2D eigenvalue weighted by Gasteiger charge is -2.40. The monoisotopic (exact) mass is 460 g/mol. The van der Waals surface area contributed by atoms with Gasteiger partial charge >= 0.3 is 0 Å². The Morgan fingerprint density at radius 2 is 2.00 bits per heavy atom. The molecular formula is C21H25ClN6O2S. The molecule has 1 N–H and O–H groups in total. The van der Waals surface area contributed by atoms with Crippen molar-refractivity contribution in [3.63, 3.8) is 0 Å². The Balaban J connectivity index is 1.32. The molecule has 4 rings (SSSR count). The fraction of sp³-hybridized carbons (Fsp3) is 0.476. The first-order chi connectivity index (χ1) is 15.0. The van der Waals surface area contributed by atoms with E-state index >= 15 is 0 Å². The van der Waals surface area contributed by atoms with Crippen LogP contribution in [-0.2, 0) is 16.1 Å². The van der Waals surface area contributed by atoms with Crippen LogP contribution in [0.15, 0.2) is 35.7 Å². The Labute approximate surface area is 190 Å². The summed E-state index contributed by atoms with van der Waals surface area (Å²) in [7, 11) is 0. The van der Waals surface area contributed by atoms with E-state index in [2.05, 4.69) is 32.1 Å². The minimum Gasteiger partial charge on any atom is -0.353 e. The van der Waals surface area contributed by atoms with Crippen LogP contribution in [0.5, 0.6) is 0 Å². The van der Waals surface area contributed by atoms with Crippen LogP contribution in [-0.4, -0.2) is 63.1 Å². The highest BCUT2D eigenvalue weighted by Crippen LogP contribution is 2.32. The lowest BCUT2D eigenvalue weighted by molar-refractivity contribution is -0.135. The third-order valence-corrected chi connectivity index (χ3v) is 6.43. The minimum atomic E-state index is -0.104. The fourth-order valence-corrected chi connectivity index (χ4v) is 4.46. The van der Waals surface area contributed by atoms with Crippen molar-refractivity contribution < 1.29 is 9.59 Å². The molecule has 1 atom stereocenters. The molecule has 10 heteroatoms. The van der Waals surface area contributed by atoms with Crippen LogP contribution in [0.4, 0.5) is 5.82 Å². The molecule has 1 aliphatic heterocycles. The molecule has 1 saturated carbocycles. The molecule has 3 heterocycles. The molecule has 2 aromatic rings. The zero-order valence-electron chi connectivity index (χ0n) is 17.3. The van der Waals surface area contributed by atoms with Gasteiger partial charge in [-0.2, -0.15) is 0 Å². The topological polar surface area (TPSA) is 91.3 Å². The second-order valence-electron chi connectivity index (χ2n) is 7.85. The van der Waals surface area contributed by atoms with Crippen LogP contribution in [0.3, 0.4) is 0 Å². The van der Waals surface area contributed by atoms with Gasteiger partial charge in [-0.1, -0.05) is 23.4 Å². The SMILES string of the molecule is CC1CN(c2cc(Cl)nc(SCC(=O)NCc3ccncc3)n2)CCN1C(=O)C1CC1. The van der Waals surface area contributed by atoms with Gasteiger partial charge in [-0.15, -0.1) is 0 Å². The maximum atomic E-state index is 12.4. The maximum Gasteiger partial charge on any atom is 0.230 e. The van der Waals surface area contributed by atoms with Gasteiger partial charge in [0.1, 0.15) is 11.0 Å². The third-order valence-electron chi connectivity index (χ3n) is 5.39. The first kappa shape index (κ1) is 21.8. The number of hydrogen-bond acceptors (Lipinski definition) is 7. The standard InChI is InChI=1S/C21H25ClN6O2S/c1-14-12-27(8-9-28(14)20(30)16-2-3-16)18-10-17(22)25-21(26-18)31-13-19(29)24-11-15-4-6-23-7-5-15/h4-7,10,14,16H,2-3,8-9,11-13H2,1H3,(H,24,29). The van der Waals surface area contributed by atoms with E-state index < -0.39 is 0 Å². The molecule has 31 heavy (non-hydrogen) atoms. The van der Waals surface area contributed by atoms with Crippen LogP contribution in [0.25, 0.3) is 0 Å². The number of piperazine rings is 1. The van der Waals surface area contributed by atoms with E-state index in [1.54, 1.807) is 18.5 Å². The van der Waals surface area contributed by atoms with E-state index in [9.17, 15) is 9.59 Å². The molecule has 1 unspecified atom stereocenters. The second kappa shape index (κ2) is 9.82. The van der Waals surface area contributed by atoms with E-state index in [0.717, 1.165) is 24.2 Å². The number of halogens is 1. The number of aromatic nitrogens is 3. The van der Waals surface area contributed by atoms with E-state index in [0.29, 0.717) is 36.5 Å². The van der Waals surface area contributed by atoms with Gasteiger partial charge in [0.15, 0.2) is 5.16 Å². The largest absolute Gasteiger partial charge is 0.353 e. The normalized spacial score (nSPS) is 18.7. The molecule has 2 aliphatic rings. The number of nitrogens with zero attached hydrogens (tertiary/aromatic N) is 5. The highest BCUT2D eigenvalue weighted by molar-refractivity contribution is 7.99. The molecule has 0 spiro atoms. The van der Waals surface area contributed by atoms with Crippen LogP contribution < -0.4 is 10.2 Å². The number of nitrogens with one attached hydrogen (secondary N) is 1. The molecule has 1 saturated heterocycles. The Hall–Kier alpha value is -2.39. The van der Waals surface area contributed by atoms with Gasteiger partial charge in [-0.05, 0) is 37.5 Å². The Morgan fingerprint density at radius 3 is 2.71 bits per heavy atom. The summed E-state index contributed by atoms with van der Waals surface area (Å²) >= 11 is 7.48. The van der Waals surface area contributed by atoms with Gasteiger partial charge in [0, 0.05) is 56.6 Å². The maximum absolute atomic E-state index is 12.4. The minimum absolute atomic E-state index is 0.104.